The first-order valence-corrected chi connectivity index (χ1v) is 9.20. The zero-order valence-corrected chi connectivity index (χ0v) is 14.8. The Bertz CT molecular complexity index is 530. The molecule has 6 heteroatoms. The lowest BCUT2D eigenvalue weighted by Gasteiger charge is -2.29. The van der Waals surface area contributed by atoms with Crippen LogP contribution in [0.5, 0.6) is 0 Å². The lowest BCUT2D eigenvalue weighted by atomic mass is 10.1. The smallest absolute Gasteiger partial charge is 0.317 e. The number of likely N-dealkylation sites (tertiary alicyclic amines) is 1. The van der Waals surface area contributed by atoms with Crippen LogP contribution in [-0.4, -0.2) is 36.6 Å². The van der Waals surface area contributed by atoms with Gasteiger partial charge in [0.2, 0.25) is 0 Å². The van der Waals surface area contributed by atoms with E-state index in [0.717, 1.165) is 32.2 Å². The molecule has 0 aromatic carbocycles. The summed E-state index contributed by atoms with van der Waals surface area (Å²) in [6.45, 7) is 5.34. The lowest BCUT2D eigenvalue weighted by molar-refractivity contribution is -0.142. The molecule has 0 radical (unpaired) electrons. The highest BCUT2D eigenvalue weighted by atomic mass is 32.1. The van der Waals surface area contributed by atoms with Crippen molar-refractivity contribution in [1.29, 1.82) is 0 Å². The van der Waals surface area contributed by atoms with Gasteiger partial charge in [0.15, 0.2) is 0 Å². The summed E-state index contributed by atoms with van der Waals surface area (Å²) in [4.78, 5) is 28.4. The predicted octanol–water partition coefficient (Wildman–Crippen LogP) is 3.64. The van der Waals surface area contributed by atoms with Crippen molar-refractivity contribution in [3.05, 3.63) is 21.9 Å². The van der Waals surface area contributed by atoms with E-state index in [0.29, 0.717) is 13.2 Å². The normalized spacial score (nSPS) is 18.3. The van der Waals surface area contributed by atoms with Crippen molar-refractivity contribution in [1.82, 2.24) is 10.2 Å². The molecule has 0 saturated carbocycles. The molecule has 128 valence electrons. The van der Waals surface area contributed by atoms with Gasteiger partial charge in [-0.2, -0.15) is 0 Å². The molecule has 1 saturated heterocycles. The lowest BCUT2D eigenvalue weighted by Crippen LogP contribution is -2.42. The van der Waals surface area contributed by atoms with Crippen LogP contribution in [0.25, 0.3) is 0 Å². The summed E-state index contributed by atoms with van der Waals surface area (Å²) in [5, 5.41) is 2.87. The number of carbonyl (C=O) groups is 2. The zero-order valence-electron chi connectivity index (χ0n) is 14.0. The van der Waals surface area contributed by atoms with Crippen LogP contribution in [0.4, 0.5) is 4.79 Å². The van der Waals surface area contributed by atoms with E-state index in [9.17, 15) is 9.59 Å². The van der Waals surface area contributed by atoms with E-state index in [4.69, 9.17) is 4.74 Å². The van der Waals surface area contributed by atoms with Gasteiger partial charge in [-0.15, -0.1) is 11.3 Å². The first-order valence-electron chi connectivity index (χ1n) is 8.38. The summed E-state index contributed by atoms with van der Waals surface area (Å²) in [5.74, 6) is -0.269. The Labute approximate surface area is 142 Å². The number of aryl methyl sites for hydroxylation is 1. The number of esters is 1. The van der Waals surface area contributed by atoms with Gasteiger partial charge in [-0.05, 0) is 38.8 Å². The molecule has 23 heavy (non-hydrogen) atoms. The topological polar surface area (TPSA) is 58.6 Å². The van der Waals surface area contributed by atoms with Crippen molar-refractivity contribution in [3.8, 4) is 0 Å². The molecule has 1 N–H and O–H groups in total. The molecule has 5 nitrogen and oxygen atoms in total. The molecule has 0 unspecified atom stereocenters. The van der Waals surface area contributed by atoms with Crippen LogP contribution in [0.3, 0.4) is 0 Å². The van der Waals surface area contributed by atoms with Gasteiger partial charge in [-0.1, -0.05) is 12.8 Å². The molecule has 1 fully saturated rings. The summed E-state index contributed by atoms with van der Waals surface area (Å²) < 4.78 is 4.88. The van der Waals surface area contributed by atoms with Crippen molar-refractivity contribution < 1.29 is 14.3 Å². The highest BCUT2D eigenvalue weighted by Gasteiger charge is 2.27. The fraction of sp³-hybridized carbons (Fsp3) is 0.647. The highest BCUT2D eigenvalue weighted by molar-refractivity contribution is 7.12. The first-order chi connectivity index (χ1) is 11.1. The van der Waals surface area contributed by atoms with Gasteiger partial charge < -0.3 is 15.0 Å². The van der Waals surface area contributed by atoms with Gasteiger partial charge >= 0.3 is 12.0 Å². The van der Waals surface area contributed by atoms with E-state index in [2.05, 4.69) is 24.4 Å². The minimum Gasteiger partial charge on any atom is -0.466 e. The number of ether oxygens (including phenoxy) is 1. The molecule has 1 aromatic heterocycles. The third kappa shape index (κ3) is 5.23. The fourth-order valence-corrected chi connectivity index (χ4v) is 3.91. The van der Waals surface area contributed by atoms with Gasteiger partial charge in [-0.3, -0.25) is 4.79 Å². The quantitative estimate of drug-likeness (QED) is 0.834. The Balaban J connectivity index is 1.95. The maximum Gasteiger partial charge on any atom is 0.317 e. The van der Waals surface area contributed by atoms with E-state index in [1.54, 1.807) is 18.3 Å². The first kappa shape index (κ1) is 17.8. The minimum atomic E-state index is -0.269. The number of nitrogens with one attached hydrogen (secondary N) is 1. The maximum atomic E-state index is 12.5. The molecule has 2 heterocycles. The van der Waals surface area contributed by atoms with Crippen LogP contribution >= 0.6 is 11.3 Å². The number of amides is 2. The van der Waals surface area contributed by atoms with Crippen LogP contribution in [0, 0.1) is 6.92 Å². The number of urea groups is 1. The van der Waals surface area contributed by atoms with Crippen LogP contribution in [0.15, 0.2) is 12.1 Å². The summed E-state index contributed by atoms with van der Waals surface area (Å²) in [6.07, 6.45) is 4.56. The number of hydrogen-bond acceptors (Lipinski definition) is 4. The second-order valence-electron chi connectivity index (χ2n) is 5.79. The van der Waals surface area contributed by atoms with E-state index in [-0.39, 0.29) is 24.5 Å². The van der Waals surface area contributed by atoms with E-state index >= 15 is 0 Å². The van der Waals surface area contributed by atoms with Crippen LogP contribution in [-0.2, 0) is 9.53 Å². The molecule has 1 aliphatic heterocycles. The van der Waals surface area contributed by atoms with Gasteiger partial charge in [-0.25, -0.2) is 4.79 Å². The van der Waals surface area contributed by atoms with Crippen LogP contribution < -0.4 is 5.32 Å². The summed E-state index contributed by atoms with van der Waals surface area (Å²) in [7, 11) is 0. The van der Waals surface area contributed by atoms with Crippen LogP contribution in [0.1, 0.15) is 54.8 Å². The van der Waals surface area contributed by atoms with Crippen molar-refractivity contribution in [3.63, 3.8) is 0 Å². The van der Waals surface area contributed by atoms with Crippen molar-refractivity contribution >= 4 is 23.3 Å². The van der Waals surface area contributed by atoms with Gasteiger partial charge in [0, 0.05) is 22.8 Å². The highest BCUT2D eigenvalue weighted by Crippen LogP contribution is 2.34. The van der Waals surface area contributed by atoms with E-state index in [1.807, 2.05) is 4.90 Å². The Morgan fingerprint density at radius 1 is 1.35 bits per heavy atom. The molecule has 1 atom stereocenters. The molecule has 2 rings (SSSR count). The number of hydrogen-bond donors (Lipinski definition) is 1. The summed E-state index contributed by atoms with van der Waals surface area (Å²) in [5.41, 5.74) is 0. The van der Waals surface area contributed by atoms with Gasteiger partial charge in [0.1, 0.15) is 0 Å². The summed E-state index contributed by atoms with van der Waals surface area (Å²) >= 11 is 1.76. The molecule has 0 spiro atoms. The van der Waals surface area contributed by atoms with Gasteiger partial charge in [0.05, 0.1) is 19.1 Å². The Morgan fingerprint density at radius 2 is 2.17 bits per heavy atom. The van der Waals surface area contributed by atoms with E-state index in [1.165, 1.54) is 9.75 Å². The number of rotatable bonds is 5. The zero-order chi connectivity index (χ0) is 16.7. The van der Waals surface area contributed by atoms with Gasteiger partial charge in [0.25, 0.3) is 0 Å². The monoisotopic (exact) mass is 338 g/mol. The van der Waals surface area contributed by atoms with Crippen molar-refractivity contribution in [2.24, 2.45) is 0 Å². The van der Waals surface area contributed by atoms with E-state index < -0.39 is 0 Å². The average Bonchev–Trinajstić information content (AvgIpc) is 2.81. The largest absolute Gasteiger partial charge is 0.466 e. The van der Waals surface area contributed by atoms with Crippen molar-refractivity contribution in [2.45, 2.75) is 52.0 Å². The number of carbonyl (C=O) groups excluding carboxylic acids is 2. The summed E-state index contributed by atoms with van der Waals surface area (Å²) in [6, 6.07) is 4.32. The predicted molar refractivity (Wildman–Crippen MR) is 91.6 cm³/mol. The second-order valence-corrected chi connectivity index (χ2v) is 7.11. The van der Waals surface area contributed by atoms with Crippen molar-refractivity contribution in [2.75, 3.05) is 19.7 Å². The Morgan fingerprint density at radius 3 is 2.87 bits per heavy atom. The SMILES string of the molecule is CCOC(=O)CCNC(=O)N1CCCCC[C@@H]1c1ccc(C)s1. The number of nitrogens with zero attached hydrogens (tertiary/aromatic N) is 1. The van der Waals surface area contributed by atoms with Crippen LogP contribution in [0.2, 0.25) is 0 Å². The molecule has 1 aromatic rings. The third-order valence-corrected chi connectivity index (χ3v) is 5.12. The molecule has 1 aliphatic rings. The molecular formula is C17H26N2O3S. The number of thiophene rings is 1. The molecule has 2 amide bonds. The second kappa shape index (κ2) is 8.91. The maximum absolute atomic E-state index is 12.5. The molecule has 0 bridgehead atoms. The standard InChI is InChI=1S/C17H26N2O3S/c1-3-22-16(20)10-11-18-17(21)19-12-6-4-5-7-14(19)15-9-8-13(2)23-15/h8-9,14H,3-7,10-12H2,1-2H3,(H,18,21)/t14-/m1/s1. The molecular weight excluding hydrogens is 312 g/mol. The minimum absolute atomic E-state index is 0.0766. The third-order valence-electron chi connectivity index (χ3n) is 4.01. The Kier molecular flexibility index (Phi) is 6.89. The average molecular weight is 338 g/mol. The fourth-order valence-electron chi connectivity index (χ4n) is 2.89. The molecule has 0 aliphatic carbocycles. The Hall–Kier alpha value is -1.56.